The predicted octanol–water partition coefficient (Wildman–Crippen LogP) is 3.58. The Balaban J connectivity index is 0.00000481. The summed E-state index contributed by atoms with van der Waals surface area (Å²) in [6.45, 7) is 8.79. The van der Waals surface area contributed by atoms with E-state index in [1.165, 1.54) is 12.1 Å². The Morgan fingerprint density at radius 1 is 1.02 bits per heavy atom. The summed E-state index contributed by atoms with van der Waals surface area (Å²) in [5.41, 5.74) is 5.89. The molecule has 0 radical (unpaired) electrons. The van der Waals surface area contributed by atoms with E-state index in [1.54, 1.807) is 17.0 Å². The van der Waals surface area contributed by atoms with Gasteiger partial charge in [0.1, 0.15) is 31.2 Å². The van der Waals surface area contributed by atoms with Gasteiger partial charge in [0, 0.05) is 28.8 Å². The quantitative estimate of drug-likeness (QED) is 0.0450. The van der Waals surface area contributed by atoms with E-state index in [0.717, 1.165) is 40.4 Å². The number of nitro groups is 1. The fourth-order valence-electron chi connectivity index (χ4n) is 8.23. The number of aromatic nitrogens is 2. The Bertz CT molecular complexity index is 2130. The molecule has 4 aromatic rings. The molecule has 0 unspecified atom stereocenters. The summed E-state index contributed by atoms with van der Waals surface area (Å²) in [7, 11) is -0.0922. The number of aryl methyl sites for hydroxylation is 1. The molecule has 1 aliphatic carbocycles. The summed E-state index contributed by atoms with van der Waals surface area (Å²) < 4.78 is 16.6. The normalized spacial score (nSPS) is 17.9. The molecule has 1 amide bonds. The standard InChI is InChI=1S/C40H43N4O7Si.ClH/c1-6-52(7-2,8-3)51-25(4)35-34-21-32(37(43(34)39(35)46)40(47)50-23-26-13-15-29(16-14-26)44(48)49)27-19-28(22-42-18-17-41(5)24-42)36-33(20-27)30-11-9-10-12-31(30)38(36)45;/h9-20,24-25,34-35H,6-8,21-23H2,1-5H3;1H/q+1;/p-1/t25-,34-,35-;/m1./s1. The number of amides is 1. The molecule has 0 N–H and O–H groups in total. The van der Waals surface area contributed by atoms with Gasteiger partial charge < -0.3 is 26.5 Å². The number of nitrogens with zero attached hydrogens (tertiary/aromatic N) is 4. The number of imidazole rings is 1. The second-order valence-corrected chi connectivity index (χ2v) is 18.8. The lowest BCUT2D eigenvalue weighted by atomic mass is 9.82. The molecular weight excluding hydrogens is 712 g/mol. The molecule has 11 nitrogen and oxygen atoms in total. The summed E-state index contributed by atoms with van der Waals surface area (Å²) >= 11 is 0. The number of rotatable bonds is 13. The molecule has 7 rings (SSSR count). The highest BCUT2D eigenvalue weighted by Crippen LogP contribution is 2.50. The second-order valence-electron chi connectivity index (χ2n) is 14.1. The predicted molar refractivity (Wildman–Crippen MR) is 196 cm³/mol. The highest BCUT2D eigenvalue weighted by molar-refractivity contribution is 6.73. The van der Waals surface area contributed by atoms with Crippen LogP contribution in [0.25, 0.3) is 16.7 Å². The molecule has 53 heavy (non-hydrogen) atoms. The van der Waals surface area contributed by atoms with Crippen LogP contribution in [0.2, 0.25) is 18.1 Å². The lowest BCUT2D eigenvalue weighted by molar-refractivity contribution is -0.671. The van der Waals surface area contributed by atoms with Gasteiger partial charge in [0.05, 0.1) is 30.0 Å². The van der Waals surface area contributed by atoms with Gasteiger partial charge in [-0.25, -0.2) is 13.9 Å². The fourth-order valence-corrected chi connectivity index (χ4v) is 11.2. The van der Waals surface area contributed by atoms with Crippen molar-refractivity contribution in [3.63, 3.8) is 0 Å². The summed E-state index contributed by atoms with van der Waals surface area (Å²) in [5, 5.41) is 11.2. The maximum Gasteiger partial charge on any atom is 0.355 e. The fraction of sp³-hybridized carbons (Fsp3) is 0.350. The molecule has 3 atom stereocenters. The van der Waals surface area contributed by atoms with Crippen LogP contribution in [-0.4, -0.2) is 52.5 Å². The molecule has 1 aromatic heterocycles. The van der Waals surface area contributed by atoms with Crippen LogP contribution in [0.5, 0.6) is 0 Å². The van der Waals surface area contributed by atoms with Crippen LogP contribution in [0, 0.1) is 16.0 Å². The van der Waals surface area contributed by atoms with Crippen molar-refractivity contribution in [1.29, 1.82) is 0 Å². The lowest BCUT2D eigenvalue weighted by Gasteiger charge is -2.48. The van der Waals surface area contributed by atoms with Crippen LogP contribution < -0.4 is 17.0 Å². The summed E-state index contributed by atoms with van der Waals surface area (Å²) in [6.07, 6.45) is 5.95. The van der Waals surface area contributed by atoms with Gasteiger partial charge >= 0.3 is 5.97 Å². The maximum absolute atomic E-state index is 14.2. The first-order chi connectivity index (χ1) is 25.0. The minimum Gasteiger partial charge on any atom is -1.00 e. The zero-order valence-electron chi connectivity index (χ0n) is 30.5. The van der Waals surface area contributed by atoms with Crippen molar-refractivity contribution < 1.29 is 45.4 Å². The topological polar surface area (TPSA) is 125 Å². The van der Waals surface area contributed by atoms with E-state index in [-0.39, 0.29) is 54.2 Å². The van der Waals surface area contributed by atoms with Crippen LogP contribution in [0.1, 0.15) is 66.7 Å². The number of non-ortho nitro benzene ring substituents is 1. The lowest BCUT2D eigenvalue weighted by Crippen LogP contribution is -3.00. The Labute approximate surface area is 315 Å². The van der Waals surface area contributed by atoms with E-state index in [2.05, 4.69) is 20.8 Å². The van der Waals surface area contributed by atoms with Crippen molar-refractivity contribution in [2.24, 2.45) is 13.0 Å². The van der Waals surface area contributed by atoms with Crippen molar-refractivity contribution in [1.82, 2.24) is 9.47 Å². The Hall–Kier alpha value is -4.91. The van der Waals surface area contributed by atoms with E-state index < -0.39 is 25.1 Å². The highest BCUT2D eigenvalue weighted by atomic mass is 35.5. The number of nitro benzene ring substituents is 1. The summed E-state index contributed by atoms with van der Waals surface area (Å²) in [5.74, 6) is -1.26. The summed E-state index contributed by atoms with van der Waals surface area (Å²) in [4.78, 5) is 54.4. The number of halogens is 1. The van der Waals surface area contributed by atoms with Crippen molar-refractivity contribution >= 4 is 37.2 Å². The molecule has 3 heterocycles. The van der Waals surface area contributed by atoms with Gasteiger partial charge in [0.25, 0.3) is 5.69 Å². The van der Waals surface area contributed by atoms with Gasteiger partial charge in [-0.15, -0.1) is 0 Å². The van der Waals surface area contributed by atoms with Gasteiger partial charge in [0.2, 0.25) is 12.2 Å². The van der Waals surface area contributed by atoms with E-state index in [9.17, 15) is 24.5 Å². The molecule has 2 aliphatic heterocycles. The van der Waals surface area contributed by atoms with Crippen molar-refractivity contribution in [2.45, 2.75) is 77.5 Å². The first kappa shape index (κ1) is 37.8. The van der Waals surface area contributed by atoms with Gasteiger partial charge in [-0.05, 0) is 83.6 Å². The zero-order valence-corrected chi connectivity index (χ0v) is 32.3. The van der Waals surface area contributed by atoms with Gasteiger partial charge in [0.15, 0.2) is 14.1 Å². The van der Waals surface area contributed by atoms with Crippen molar-refractivity contribution in [2.75, 3.05) is 0 Å². The van der Waals surface area contributed by atoms with Gasteiger partial charge in [-0.3, -0.25) is 19.7 Å². The van der Waals surface area contributed by atoms with Gasteiger partial charge in [-0.2, -0.15) is 0 Å². The number of β-lactam (4-membered cyclic amide) rings is 1. The number of carbonyl (C=O) groups is 3. The number of fused-ring (bicyclic) bond motifs is 4. The number of esters is 1. The van der Waals surface area contributed by atoms with E-state index in [1.807, 2.05) is 78.2 Å². The van der Waals surface area contributed by atoms with Crippen molar-refractivity contribution in [3.05, 3.63) is 123 Å². The van der Waals surface area contributed by atoms with Crippen LogP contribution >= 0.6 is 0 Å². The molecule has 0 spiro atoms. The SMILES string of the molecule is CC[Si](CC)(CC)O[C@H](C)[C@H]1C(=O)N2C(C(=O)OCc3ccc([N+](=O)[O-])cc3)=C(c3cc(Cn4cc[n+](C)c4)c4c(c3)-c3ccccc3C4=O)C[C@H]12.[Cl-]. The molecule has 0 bridgehead atoms. The molecule has 276 valence electrons. The first-order valence-electron chi connectivity index (χ1n) is 18.0. The van der Waals surface area contributed by atoms with E-state index in [4.69, 9.17) is 9.16 Å². The average molecular weight is 755 g/mol. The second kappa shape index (κ2) is 14.8. The first-order valence-corrected chi connectivity index (χ1v) is 20.5. The number of ketones is 1. The third kappa shape index (κ3) is 6.64. The van der Waals surface area contributed by atoms with E-state index >= 15 is 0 Å². The Morgan fingerprint density at radius 2 is 1.70 bits per heavy atom. The Kier molecular flexibility index (Phi) is 10.6. The average Bonchev–Trinajstić information content (AvgIpc) is 3.81. The smallest absolute Gasteiger partial charge is 0.355 e. The largest absolute Gasteiger partial charge is 1.00 e. The zero-order chi connectivity index (χ0) is 36.9. The molecule has 3 aromatic carbocycles. The number of hydrogen-bond acceptors (Lipinski definition) is 7. The molecule has 3 aliphatic rings. The number of hydrogen-bond donors (Lipinski definition) is 0. The van der Waals surface area contributed by atoms with Crippen LogP contribution in [-0.2, 0) is 39.0 Å². The maximum atomic E-state index is 14.2. The molecule has 1 fully saturated rings. The Morgan fingerprint density at radius 3 is 2.32 bits per heavy atom. The summed E-state index contributed by atoms with van der Waals surface area (Å²) in [6, 6.07) is 20.0. The van der Waals surface area contributed by atoms with Crippen LogP contribution in [0.3, 0.4) is 0 Å². The number of carbonyl (C=O) groups excluding carboxylic acids is 3. The number of ether oxygens (including phenoxy) is 1. The molecular formula is C40H43ClN4O7Si. The number of benzene rings is 3. The third-order valence-electron chi connectivity index (χ3n) is 11.2. The third-order valence-corrected chi connectivity index (χ3v) is 16.0. The van der Waals surface area contributed by atoms with Crippen LogP contribution in [0.15, 0.2) is 85.1 Å². The minimum absolute atomic E-state index is 0. The van der Waals surface area contributed by atoms with Crippen LogP contribution in [0.4, 0.5) is 5.69 Å². The van der Waals surface area contributed by atoms with E-state index in [0.29, 0.717) is 35.2 Å². The van der Waals surface area contributed by atoms with Crippen molar-refractivity contribution in [3.8, 4) is 11.1 Å². The molecule has 1 saturated heterocycles. The highest BCUT2D eigenvalue weighted by Gasteiger charge is 2.58. The van der Waals surface area contributed by atoms with Gasteiger partial charge in [-0.1, -0.05) is 45.0 Å². The minimum atomic E-state index is -2.03. The molecule has 13 heteroatoms. The monoisotopic (exact) mass is 754 g/mol. The molecule has 0 saturated carbocycles.